The van der Waals surface area contributed by atoms with E-state index in [1.165, 1.54) is 0 Å². The predicted molar refractivity (Wildman–Crippen MR) is 100 cm³/mol. The highest BCUT2D eigenvalue weighted by atomic mass is 32.1. The van der Waals surface area contributed by atoms with E-state index in [9.17, 15) is 9.59 Å². The average molecular weight is 391 g/mol. The van der Waals surface area contributed by atoms with Crippen molar-refractivity contribution in [3.63, 3.8) is 0 Å². The molecule has 4 fully saturated rings. The van der Waals surface area contributed by atoms with Crippen LogP contribution in [0.5, 0.6) is 0 Å². The number of thiophene rings is 1. The van der Waals surface area contributed by atoms with Crippen LogP contribution >= 0.6 is 11.3 Å². The minimum absolute atomic E-state index is 0.0833. The van der Waals surface area contributed by atoms with Crippen LogP contribution in [0.15, 0.2) is 17.5 Å². The molecule has 4 heterocycles. The quantitative estimate of drug-likeness (QED) is 0.846. The van der Waals surface area contributed by atoms with Crippen LogP contribution < -0.4 is 5.32 Å². The van der Waals surface area contributed by atoms with E-state index in [2.05, 4.69) is 5.32 Å². The number of ether oxygens (including phenoxy) is 2. The number of hydrogen-bond acceptors (Lipinski definition) is 5. The van der Waals surface area contributed by atoms with Crippen molar-refractivity contribution in [3.05, 3.63) is 22.4 Å². The molecule has 1 saturated carbocycles. The largest absolute Gasteiger partial charge is 0.381 e. The zero-order valence-corrected chi connectivity index (χ0v) is 16.2. The Balaban J connectivity index is 1.29. The second-order valence-corrected chi connectivity index (χ2v) is 9.47. The molecule has 0 radical (unpaired) electrons. The van der Waals surface area contributed by atoms with E-state index in [0.29, 0.717) is 44.7 Å². The van der Waals surface area contributed by atoms with Gasteiger partial charge >= 0.3 is 0 Å². The summed E-state index contributed by atoms with van der Waals surface area (Å²) in [5.74, 6) is 1.14. The summed E-state index contributed by atoms with van der Waals surface area (Å²) in [7, 11) is 0. The summed E-state index contributed by atoms with van der Waals surface area (Å²) in [6.45, 7) is 4.61. The second-order valence-electron chi connectivity index (χ2n) is 8.43. The van der Waals surface area contributed by atoms with Gasteiger partial charge in [0.2, 0.25) is 11.8 Å². The molecule has 1 aliphatic carbocycles. The topological polar surface area (TPSA) is 67.9 Å². The maximum atomic E-state index is 13.1. The van der Waals surface area contributed by atoms with Crippen molar-refractivity contribution < 1.29 is 19.1 Å². The molecule has 1 aromatic rings. The molecule has 1 aromatic heterocycles. The fourth-order valence-corrected chi connectivity index (χ4v) is 5.95. The normalized spacial score (nSPS) is 33.9. The maximum absolute atomic E-state index is 13.1. The van der Waals surface area contributed by atoms with Gasteiger partial charge in [-0.05, 0) is 36.1 Å². The SMILES string of the molecule is O=C(NCc1cccs1)C1CN(C(=O)C2[C@H]3COC[C@@H]23)CC12CCOCC2. The van der Waals surface area contributed by atoms with E-state index in [-0.39, 0.29) is 29.1 Å². The number of likely N-dealkylation sites (tertiary alicyclic amines) is 1. The van der Waals surface area contributed by atoms with Crippen LogP contribution in [0.4, 0.5) is 0 Å². The predicted octanol–water partition coefficient (Wildman–Crippen LogP) is 1.51. The lowest BCUT2D eigenvalue weighted by molar-refractivity contribution is -0.133. The highest BCUT2D eigenvalue weighted by Gasteiger charge is 2.61. The van der Waals surface area contributed by atoms with Gasteiger partial charge in [-0.3, -0.25) is 9.59 Å². The van der Waals surface area contributed by atoms with Gasteiger partial charge in [-0.1, -0.05) is 6.07 Å². The van der Waals surface area contributed by atoms with Gasteiger partial charge in [0.1, 0.15) is 0 Å². The number of nitrogens with zero attached hydrogens (tertiary/aromatic N) is 1. The first-order chi connectivity index (χ1) is 13.2. The number of carbonyl (C=O) groups excluding carboxylic acids is 2. The minimum atomic E-state index is -0.139. The number of nitrogens with one attached hydrogen (secondary N) is 1. The molecule has 1 N–H and O–H groups in total. The molecule has 2 amide bonds. The molecule has 4 aliphatic rings. The Morgan fingerprint density at radius 2 is 2.00 bits per heavy atom. The Morgan fingerprint density at radius 3 is 2.70 bits per heavy atom. The standard InChI is InChI=1S/C20H26N2O4S/c23-18(21-8-13-2-1-7-27-13)16-9-22(12-20(16)3-5-25-6-4-20)19(24)17-14-10-26-11-15(14)17/h1-2,7,14-17H,3-6,8-12H2,(H,21,23)/t14-,15+,16?,17?. The van der Waals surface area contributed by atoms with Crippen molar-refractivity contribution in [2.24, 2.45) is 29.1 Å². The summed E-state index contributed by atoms with van der Waals surface area (Å²) in [5, 5.41) is 5.14. The van der Waals surface area contributed by atoms with Crippen LogP contribution in [0.25, 0.3) is 0 Å². The molecular formula is C20H26N2O4S. The molecule has 0 aromatic carbocycles. The van der Waals surface area contributed by atoms with Crippen LogP contribution in [-0.4, -0.2) is 56.2 Å². The number of hydrogen-bond donors (Lipinski definition) is 1. The van der Waals surface area contributed by atoms with Crippen molar-refractivity contribution in [2.45, 2.75) is 19.4 Å². The number of fused-ring (bicyclic) bond motifs is 1. The summed E-state index contributed by atoms with van der Waals surface area (Å²) < 4.78 is 11.0. The number of rotatable bonds is 4. The molecule has 27 heavy (non-hydrogen) atoms. The van der Waals surface area contributed by atoms with Gasteiger partial charge < -0.3 is 19.7 Å². The van der Waals surface area contributed by atoms with E-state index < -0.39 is 0 Å². The van der Waals surface area contributed by atoms with Crippen LogP contribution in [0.3, 0.4) is 0 Å². The van der Waals surface area contributed by atoms with E-state index in [4.69, 9.17) is 9.47 Å². The maximum Gasteiger partial charge on any atom is 0.226 e. The number of carbonyl (C=O) groups is 2. The molecule has 3 saturated heterocycles. The zero-order chi connectivity index (χ0) is 18.4. The molecule has 7 heteroatoms. The summed E-state index contributed by atoms with van der Waals surface area (Å²) in [6, 6.07) is 4.03. The van der Waals surface area contributed by atoms with Gasteiger partial charge in [0.15, 0.2) is 0 Å². The van der Waals surface area contributed by atoms with E-state index in [0.717, 1.165) is 30.9 Å². The molecule has 4 atom stereocenters. The van der Waals surface area contributed by atoms with Crippen LogP contribution in [0, 0.1) is 29.1 Å². The fraction of sp³-hybridized carbons (Fsp3) is 0.700. The minimum Gasteiger partial charge on any atom is -0.381 e. The Bertz CT molecular complexity index is 706. The van der Waals surface area contributed by atoms with Crippen molar-refractivity contribution in [2.75, 3.05) is 39.5 Å². The smallest absolute Gasteiger partial charge is 0.226 e. The number of amides is 2. The fourth-order valence-electron chi connectivity index (χ4n) is 5.31. The third kappa shape index (κ3) is 3.09. The van der Waals surface area contributed by atoms with Gasteiger partial charge in [0.25, 0.3) is 0 Å². The van der Waals surface area contributed by atoms with Crippen molar-refractivity contribution in [1.29, 1.82) is 0 Å². The van der Waals surface area contributed by atoms with Crippen LogP contribution in [-0.2, 0) is 25.6 Å². The first kappa shape index (κ1) is 17.6. The summed E-state index contributed by atoms with van der Waals surface area (Å²) in [4.78, 5) is 29.3. The molecule has 6 nitrogen and oxygen atoms in total. The zero-order valence-electron chi connectivity index (χ0n) is 15.4. The first-order valence-corrected chi connectivity index (χ1v) is 10.8. The molecular weight excluding hydrogens is 364 g/mol. The molecule has 3 aliphatic heterocycles. The third-order valence-electron chi connectivity index (χ3n) is 7.02. The van der Waals surface area contributed by atoms with Crippen LogP contribution in [0.1, 0.15) is 17.7 Å². The molecule has 146 valence electrons. The molecule has 0 bridgehead atoms. The van der Waals surface area contributed by atoms with Crippen molar-refractivity contribution >= 4 is 23.2 Å². The van der Waals surface area contributed by atoms with Gasteiger partial charge in [-0.25, -0.2) is 0 Å². The van der Waals surface area contributed by atoms with E-state index in [1.807, 2.05) is 22.4 Å². The lowest BCUT2D eigenvalue weighted by atomic mass is 9.72. The third-order valence-corrected chi connectivity index (χ3v) is 7.90. The lowest BCUT2D eigenvalue weighted by Crippen LogP contribution is -2.44. The molecule has 2 unspecified atom stereocenters. The summed E-state index contributed by atoms with van der Waals surface area (Å²) >= 11 is 1.65. The van der Waals surface area contributed by atoms with E-state index >= 15 is 0 Å². The molecule has 1 spiro atoms. The average Bonchev–Trinajstić information content (AvgIpc) is 3.16. The highest BCUT2D eigenvalue weighted by Crippen LogP contribution is 2.53. The Labute approximate surface area is 163 Å². The Hall–Kier alpha value is -1.44. The Morgan fingerprint density at radius 1 is 1.22 bits per heavy atom. The summed E-state index contributed by atoms with van der Waals surface area (Å²) in [6.07, 6.45) is 1.71. The lowest BCUT2D eigenvalue weighted by Gasteiger charge is -2.37. The van der Waals surface area contributed by atoms with Gasteiger partial charge in [-0.2, -0.15) is 0 Å². The summed E-state index contributed by atoms with van der Waals surface area (Å²) in [5.41, 5.74) is -0.131. The van der Waals surface area contributed by atoms with Gasteiger partial charge in [0.05, 0.1) is 25.7 Å². The van der Waals surface area contributed by atoms with Gasteiger partial charge in [0, 0.05) is 42.5 Å². The monoisotopic (exact) mass is 390 g/mol. The second kappa shape index (κ2) is 6.87. The van der Waals surface area contributed by atoms with Gasteiger partial charge in [-0.15, -0.1) is 11.3 Å². The highest BCUT2D eigenvalue weighted by molar-refractivity contribution is 7.09. The van der Waals surface area contributed by atoms with E-state index in [1.54, 1.807) is 11.3 Å². The van der Waals surface area contributed by atoms with Crippen molar-refractivity contribution in [1.82, 2.24) is 10.2 Å². The van der Waals surface area contributed by atoms with Crippen LogP contribution in [0.2, 0.25) is 0 Å². The Kier molecular flexibility index (Phi) is 4.49. The first-order valence-electron chi connectivity index (χ1n) is 9.92. The molecule has 5 rings (SSSR count). The van der Waals surface area contributed by atoms with Crippen molar-refractivity contribution in [3.8, 4) is 0 Å².